The van der Waals surface area contributed by atoms with Crippen LogP contribution in [0.5, 0.6) is 0 Å². The van der Waals surface area contributed by atoms with Gasteiger partial charge in [0, 0.05) is 36.5 Å². The lowest BCUT2D eigenvalue weighted by atomic mass is 10.1. The molecule has 0 amide bonds. The molecule has 1 aromatic heterocycles. The van der Waals surface area contributed by atoms with Gasteiger partial charge in [-0.25, -0.2) is 13.1 Å². The van der Waals surface area contributed by atoms with E-state index in [4.69, 9.17) is 5.10 Å². The van der Waals surface area contributed by atoms with Gasteiger partial charge >= 0.3 is 0 Å². The topological polar surface area (TPSA) is 55.2 Å². The van der Waals surface area contributed by atoms with Crippen molar-refractivity contribution in [3.05, 3.63) is 84.1 Å². The Morgan fingerprint density at radius 1 is 1.19 bits per heavy atom. The van der Waals surface area contributed by atoms with E-state index in [0.29, 0.717) is 19.5 Å². The van der Waals surface area contributed by atoms with Gasteiger partial charge in [-0.05, 0) is 37.5 Å². The zero-order valence-electron chi connectivity index (χ0n) is 18.2. The summed E-state index contributed by atoms with van der Waals surface area (Å²) in [6.07, 6.45) is 4.61. The number of hydrogen-bond acceptors (Lipinski definition) is 4. The predicted octanol–water partition coefficient (Wildman–Crippen LogP) is 4.33. The van der Waals surface area contributed by atoms with Crippen LogP contribution in [0.4, 0.5) is 0 Å². The Balaban J connectivity index is 1.75. The second-order valence-electron chi connectivity index (χ2n) is 8.38. The Kier molecular flexibility index (Phi) is 6.12. The summed E-state index contributed by atoms with van der Waals surface area (Å²) in [5.74, 6) is 0.477. The van der Waals surface area contributed by atoms with Crippen molar-refractivity contribution in [2.24, 2.45) is 0 Å². The molecule has 6 heteroatoms. The van der Waals surface area contributed by atoms with E-state index < -0.39 is 9.84 Å². The fourth-order valence-corrected chi connectivity index (χ4v) is 6.01. The number of sulfone groups is 1. The molecule has 0 radical (unpaired) electrons. The summed E-state index contributed by atoms with van der Waals surface area (Å²) in [4.78, 5) is 2.22. The molecule has 2 heterocycles. The van der Waals surface area contributed by atoms with Gasteiger partial charge < -0.3 is 0 Å². The molecule has 31 heavy (non-hydrogen) atoms. The molecular weight excluding hydrogens is 406 g/mol. The van der Waals surface area contributed by atoms with Crippen molar-refractivity contribution in [1.29, 1.82) is 0 Å². The zero-order valence-corrected chi connectivity index (χ0v) is 19.0. The molecule has 1 atom stereocenters. The maximum atomic E-state index is 12.1. The first-order chi connectivity index (χ1) is 14.9. The lowest BCUT2D eigenvalue weighted by molar-refractivity contribution is 0.227. The Morgan fingerprint density at radius 3 is 2.65 bits per heavy atom. The van der Waals surface area contributed by atoms with E-state index in [1.54, 1.807) is 0 Å². The molecule has 0 unspecified atom stereocenters. The van der Waals surface area contributed by atoms with Crippen LogP contribution < -0.4 is 0 Å². The summed E-state index contributed by atoms with van der Waals surface area (Å²) in [6.45, 7) is 9.33. The fourth-order valence-electron chi connectivity index (χ4n) is 4.24. The highest BCUT2D eigenvalue weighted by atomic mass is 32.2. The quantitative estimate of drug-likeness (QED) is 0.518. The van der Waals surface area contributed by atoms with E-state index in [2.05, 4.69) is 61.9 Å². The smallest absolute Gasteiger partial charge is 0.151 e. The minimum Gasteiger partial charge on any atom is -0.291 e. The van der Waals surface area contributed by atoms with Crippen LogP contribution in [0.3, 0.4) is 0 Å². The van der Waals surface area contributed by atoms with Crippen LogP contribution in [-0.2, 0) is 16.4 Å². The monoisotopic (exact) mass is 435 g/mol. The second kappa shape index (κ2) is 8.81. The van der Waals surface area contributed by atoms with Crippen LogP contribution in [-0.4, -0.2) is 47.2 Å². The zero-order chi connectivity index (χ0) is 22.0. The first kappa shape index (κ1) is 21.5. The second-order valence-corrected chi connectivity index (χ2v) is 10.6. The highest BCUT2D eigenvalue weighted by Crippen LogP contribution is 2.28. The highest BCUT2D eigenvalue weighted by molar-refractivity contribution is 7.91. The van der Waals surface area contributed by atoms with E-state index >= 15 is 0 Å². The van der Waals surface area contributed by atoms with E-state index in [9.17, 15) is 8.42 Å². The molecule has 0 bridgehead atoms. The molecule has 2 aromatic carbocycles. The average molecular weight is 436 g/mol. The normalized spacial score (nSPS) is 17.8. The maximum Gasteiger partial charge on any atom is 0.151 e. The molecule has 5 nitrogen and oxygen atoms in total. The third-order valence-electron chi connectivity index (χ3n) is 5.91. The molecule has 1 aliphatic rings. The largest absolute Gasteiger partial charge is 0.291 e. The first-order valence-corrected chi connectivity index (χ1v) is 12.5. The average Bonchev–Trinajstić information content (AvgIpc) is 3.33. The van der Waals surface area contributed by atoms with Gasteiger partial charge in [0.25, 0.3) is 0 Å². The molecule has 1 saturated heterocycles. The Bertz CT molecular complexity index is 1180. The van der Waals surface area contributed by atoms with Crippen molar-refractivity contribution < 1.29 is 8.42 Å². The number of benzene rings is 2. The van der Waals surface area contributed by atoms with Crippen molar-refractivity contribution in [3.63, 3.8) is 0 Å². The molecule has 1 aliphatic heterocycles. The lowest BCUT2D eigenvalue weighted by Gasteiger charge is -2.26. The van der Waals surface area contributed by atoms with Gasteiger partial charge in [0.15, 0.2) is 9.84 Å². The molecule has 0 N–H and O–H groups in total. The van der Waals surface area contributed by atoms with Gasteiger partial charge in [-0.15, -0.1) is 6.58 Å². The molecular formula is C25H29N3O2S. The third-order valence-corrected chi connectivity index (χ3v) is 7.66. The fraction of sp³-hybridized carbons (Fsp3) is 0.320. The van der Waals surface area contributed by atoms with Gasteiger partial charge in [0.05, 0.1) is 22.9 Å². The summed E-state index contributed by atoms with van der Waals surface area (Å²) in [5.41, 5.74) is 6.46. The number of nitrogens with zero attached hydrogens (tertiary/aromatic N) is 3. The standard InChI is InChI=1S/C25H29N3O2S/c1-4-13-27(23-12-14-31(29,30)18-23)16-22-17-28(24-15-19(2)10-11-20(24)3)26-25(22)21-8-6-5-7-9-21/h4-11,15,17,23H,1,12-14,16,18H2,2-3H3/t23-/m1/s1. The summed E-state index contributed by atoms with van der Waals surface area (Å²) in [7, 11) is -2.96. The molecule has 0 spiro atoms. The number of rotatable bonds is 7. The van der Waals surface area contributed by atoms with Gasteiger partial charge in [-0.2, -0.15) is 5.10 Å². The van der Waals surface area contributed by atoms with Crippen LogP contribution in [0, 0.1) is 13.8 Å². The summed E-state index contributed by atoms with van der Waals surface area (Å²) in [5, 5.41) is 4.97. The predicted molar refractivity (Wildman–Crippen MR) is 126 cm³/mol. The van der Waals surface area contributed by atoms with Crippen LogP contribution >= 0.6 is 0 Å². The van der Waals surface area contributed by atoms with Crippen molar-refractivity contribution in [1.82, 2.24) is 14.7 Å². The van der Waals surface area contributed by atoms with E-state index in [1.165, 1.54) is 5.56 Å². The van der Waals surface area contributed by atoms with Crippen molar-refractivity contribution >= 4 is 9.84 Å². The summed E-state index contributed by atoms with van der Waals surface area (Å²) in [6, 6.07) is 16.5. The van der Waals surface area contributed by atoms with Crippen LogP contribution in [0.1, 0.15) is 23.1 Å². The third kappa shape index (κ3) is 4.81. The molecule has 162 valence electrons. The van der Waals surface area contributed by atoms with Crippen molar-refractivity contribution in [2.75, 3.05) is 18.1 Å². The van der Waals surface area contributed by atoms with Gasteiger partial charge in [-0.3, -0.25) is 4.90 Å². The Labute approximate surface area is 184 Å². The van der Waals surface area contributed by atoms with Crippen molar-refractivity contribution in [2.45, 2.75) is 32.9 Å². The molecule has 4 rings (SSSR count). The lowest BCUT2D eigenvalue weighted by Crippen LogP contribution is -2.35. The van der Waals surface area contributed by atoms with Crippen molar-refractivity contribution in [3.8, 4) is 16.9 Å². The minimum atomic E-state index is -2.96. The van der Waals surface area contributed by atoms with Gasteiger partial charge in [0.2, 0.25) is 0 Å². The van der Waals surface area contributed by atoms with Gasteiger partial charge in [-0.1, -0.05) is 48.5 Å². The number of aromatic nitrogens is 2. The first-order valence-electron chi connectivity index (χ1n) is 10.6. The van der Waals surface area contributed by atoms with Gasteiger partial charge in [0.1, 0.15) is 0 Å². The minimum absolute atomic E-state index is 0.00989. The Morgan fingerprint density at radius 2 is 1.97 bits per heavy atom. The SMILES string of the molecule is C=CCN(Cc1cn(-c2cc(C)ccc2C)nc1-c1ccccc1)[C@@H]1CCS(=O)(=O)C1. The van der Waals surface area contributed by atoms with Crippen LogP contribution in [0.15, 0.2) is 67.4 Å². The molecule has 0 aliphatic carbocycles. The maximum absolute atomic E-state index is 12.1. The summed E-state index contributed by atoms with van der Waals surface area (Å²) >= 11 is 0. The number of aryl methyl sites for hydroxylation is 2. The molecule has 1 fully saturated rings. The van der Waals surface area contributed by atoms with Crippen LogP contribution in [0.25, 0.3) is 16.9 Å². The Hall–Kier alpha value is -2.70. The van der Waals surface area contributed by atoms with E-state index in [0.717, 1.165) is 28.1 Å². The van der Waals surface area contributed by atoms with E-state index in [-0.39, 0.29) is 17.5 Å². The van der Waals surface area contributed by atoms with Crippen LogP contribution in [0.2, 0.25) is 0 Å². The highest BCUT2D eigenvalue weighted by Gasteiger charge is 2.32. The van der Waals surface area contributed by atoms with E-state index in [1.807, 2.05) is 29.0 Å². The number of hydrogen-bond donors (Lipinski definition) is 0. The summed E-state index contributed by atoms with van der Waals surface area (Å²) < 4.78 is 26.1. The molecule has 0 saturated carbocycles. The molecule has 3 aromatic rings.